The van der Waals surface area contributed by atoms with Crippen LogP contribution in [0.5, 0.6) is 5.75 Å². The zero-order chi connectivity index (χ0) is 7.84. The van der Waals surface area contributed by atoms with Gasteiger partial charge in [-0.25, -0.2) is 4.79 Å². The van der Waals surface area contributed by atoms with Gasteiger partial charge in [-0.1, -0.05) is 6.07 Å². The summed E-state index contributed by atoms with van der Waals surface area (Å²) in [5, 5.41) is 9.13. The lowest BCUT2D eigenvalue weighted by Crippen LogP contribution is -1.92. The smallest absolute Gasteiger partial charge is 0.417 e. The summed E-state index contributed by atoms with van der Waals surface area (Å²) >= 11 is 0. The second-order valence-corrected chi connectivity index (χ2v) is 2.17. The van der Waals surface area contributed by atoms with E-state index in [1.807, 2.05) is 0 Å². The number of rotatable bonds is 0. The van der Waals surface area contributed by atoms with Gasteiger partial charge in [-0.3, -0.25) is 4.98 Å². The Bertz CT molecular complexity index is 440. The summed E-state index contributed by atoms with van der Waals surface area (Å²) in [5.41, 5.74) is 0.715. The molecule has 11 heavy (non-hydrogen) atoms. The minimum absolute atomic E-state index is 0.0270. The molecule has 1 heterocycles. The Balaban J connectivity index is 3.01. The highest BCUT2D eigenvalue weighted by Gasteiger charge is 2.03. The van der Waals surface area contributed by atoms with Crippen LogP contribution in [-0.4, -0.2) is 10.1 Å². The molecule has 4 heteroatoms. The van der Waals surface area contributed by atoms with Crippen LogP contribution in [0.25, 0.3) is 11.1 Å². The number of hydrogen-bond donors (Lipinski definition) is 2. The van der Waals surface area contributed by atoms with E-state index < -0.39 is 5.76 Å². The number of nitrogens with one attached hydrogen (secondary N) is 1. The minimum atomic E-state index is -0.554. The van der Waals surface area contributed by atoms with E-state index in [-0.39, 0.29) is 11.3 Å². The highest BCUT2D eigenvalue weighted by Crippen LogP contribution is 2.20. The number of aromatic amines is 1. The van der Waals surface area contributed by atoms with Crippen LogP contribution in [0.1, 0.15) is 0 Å². The topological polar surface area (TPSA) is 66.2 Å². The minimum Gasteiger partial charge on any atom is -0.504 e. The number of aromatic nitrogens is 1. The van der Waals surface area contributed by atoms with E-state index >= 15 is 0 Å². The lowest BCUT2D eigenvalue weighted by Gasteiger charge is -1.88. The van der Waals surface area contributed by atoms with Gasteiger partial charge in [0.05, 0.1) is 5.52 Å². The van der Waals surface area contributed by atoms with Gasteiger partial charge in [0.25, 0.3) is 0 Å². The first-order valence-corrected chi connectivity index (χ1v) is 3.08. The molecule has 0 aliphatic rings. The molecule has 2 aromatic rings. The Morgan fingerprint density at radius 3 is 3.00 bits per heavy atom. The maximum atomic E-state index is 10.6. The van der Waals surface area contributed by atoms with Gasteiger partial charge in [0.1, 0.15) is 0 Å². The van der Waals surface area contributed by atoms with Crippen molar-refractivity contribution in [3.05, 3.63) is 28.7 Å². The van der Waals surface area contributed by atoms with E-state index in [0.29, 0.717) is 5.52 Å². The van der Waals surface area contributed by atoms with E-state index in [1.54, 1.807) is 12.1 Å². The molecule has 0 radical (unpaired) electrons. The van der Waals surface area contributed by atoms with E-state index in [2.05, 4.69) is 9.40 Å². The molecular weight excluding hydrogens is 146 g/mol. The molecule has 0 spiro atoms. The summed E-state index contributed by atoms with van der Waals surface area (Å²) in [6.07, 6.45) is 0. The number of benzene rings is 1. The molecule has 0 bridgehead atoms. The highest BCUT2D eigenvalue weighted by atomic mass is 16.4. The Labute approximate surface area is 61.1 Å². The monoisotopic (exact) mass is 151 g/mol. The summed E-state index contributed by atoms with van der Waals surface area (Å²) < 4.78 is 4.64. The standard InChI is InChI=1S/C7H5NO3/c9-5-3-1-2-4-6(5)11-7(10)8-4/h1-3,9H,(H,8,10). The number of para-hydroxylation sites is 1. The van der Waals surface area contributed by atoms with Gasteiger partial charge < -0.3 is 9.52 Å². The number of fused-ring (bicyclic) bond motifs is 1. The van der Waals surface area contributed by atoms with Crippen molar-refractivity contribution in [3.63, 3.8) is 0 Å². The molecule has 0 unspecified atom stereocenters. The maximum absolute atomic E-state index is 10.6. The normalized spacial score (nSPS) is 10.5. The SMILES string of the molecule is O=c1[nH]c2cccc(O)c2o1. The van der Waals surface area contributed by atoms with Crippen molar-refractivity contribution in [2.24, 2.45) is 0 Å². The van der Waals surface area contributed by atoms with Crippen LogP contribution in [0.15, 0.2) is 27.4 Å². The van der Waals surface area contributed by atoms with Crippen molar-refractivity contribution in [1.82, 2.24) is 4.98 Å². The number of hydrogen-bond acceptors (Lipinski definition) is 3. The number of aromatic hydroxyl groups is 1. The van der Waals surface area contributed by atoms with Gasteiger partial charge >= 0.3 is 5.76 Å². The average molecular weight is 151 g/mol. The number of phenolic OH excluding ortho intramolecular Hbond substituents is 1. The molecule has 0 atom stereocenters. The fourth-order valence-corrected chi connectivity index (χ4v) is 0.959. The van der Waals surface area contributed by atoms with Gasteiger partial charge in [-0.2, -0.15) is 0 Å². The molecule has 1 aromatic carbocycles. The Morgan fingerprint density at radius 1 is 1.45 bits per heavy atom. The van der Waals surface area contributed by atoms with Crippen molar-refractivity contribution >= 4 is 11.1 Å². The Morgan fingerprint density at radius 2 is 2.27 bits per heavy atom. The van der Waals surface area contributed by atoms with Crippen molar-refractivity contribution in [2.45, 2.75) is 0 Å². The summed E-state index contributed by atoms with van der Waals surface area (Å²) in [5.74, 6) is -0.581. The third-order valence-electron chi connectivity index (χ3n) is 1.43. The molecule has 0 amide bonds. The van der Waals surface area contributed by atoms with Crippen molar-refractivity contribution < 1.29 is 9.52 Å². The van der Waals surface area contributed by atoms with Gasteiger partial charge in [-0.05, 0) is 12.1 Å². The van der Waals surface area contributed by atoms with Gasteiger partial charge in [0.2, 0.25) is 0 Å². The van der Waals surface area contributed by atoms with E-state index in [4.69, 9.17) is 5.11 Å². The molecular formula is C7H5NO3. The van der Waals surface area contributed by atoms with Crippen molar-refractivity contribution in [3.8, 4) is 5.75 Å². The van der Waals surface area contributed by atoms with Crippen LogP contribution in [0.3, 0.4) is 0 Å². The molecule has 2 N–H and O–H groups in total. The quantitative estimate of drug-likeness (QED) is 0.585. The summed E-state index contributed by atoms with van der Waals surface area (Å²) in [7, 11) is 0. The second-order valence-electron chi connectivity index (χ2n) is 2.17. The van der Waals surface area contributed by atoms with Crippen molar-refractivity contribution in [2.75, 3.05) is 0 Å². The Kier molecular flexibility index (Phi) is 1.03. The summed E-state index contributed by atoms with van der Waals surface area (Å²) in [6, 6.07) is 4.74. The molecule has 4 nitrogen and oxygen atoms in total. The predicted octanol–water partition coefficient (Wildman–Crippen LogP) is 0.827. The highest BCUT2D eigenvalue weighted by molar-refractivity contribution is 5.78. The Hall–Kier alpha value is -1.71. The second kappa shape index (κ2) is 1.88. The molecule has 1 aromatic heterocycles. The van der Waals surface area contributed by atoms with E-state index in [0.717, 1.165) is 0 Å². The first-order valence-electron chi connectivity index (χ1n) is 3.08. The molecule has 0 aliphatic heterocycles. The zero-order valence-corrected chi connectivity index (χ0v) is 5.50. The molecule has 0 aliphatic carbocycles. The van der Waals surface area contributed by atoms with Crippen LogP contribution in [0.4, 0.5) is 0 Å². The first-order chi connectivity index (χ1) is 5.27. The van der Waals surface area contributed by atoms with Crippen LogP contribution in [0, 0.1) is 0 Å². The average Bonchev–Trinajstić information content (AvgIpc) is 2.31. The van der Waals surface area contributed by atoms with E-state index in [9.17, 15) is 4.79 Å². The van der Waals surface area contributed by atoms with Crippen LogP contribution in [0.2, 0.25) is 0 Å². The first kappa shape index (κ1) is 6.03. The fourth-order valence-electron chi connectivity index (χ4n) is 0.959. The third kappa shape index (κ3) is 0.797. The van der Waals surface area contributed by atoms with Crippen molar-refractivity contribution in [1.29, 1.82) is 0 Å². The molecule has 56 valence electrons. The number of oxazole rings is 1. The van der Waals surface area contributed by atoms with E-state index in [1.165, 1.54) is 6.07 Å². The van der Waals surface area contributed by atoms with Gasteiger partial charge in [0, 0.05) is 0 Å². The maximum Gasteiger partial charge on any atom is 0.417 e. The lowest BCUT2D eigenvalue weighted by atomic mass is 10.3. The van der Waals surface area contributed by atoms with Crippen LogP contribution in [-0.2, 0) is 0 Å². The third-order valence-corrected chi connectivity index (χ3v) is 1.43. The van der Waals surface area contributed by atoms with Crippen LogP contribution >= 0.6 is 0 Å². The predicted molar refractivity (Wildman–Crippen MR) is 38.5 cm³/mol. The fraction of sp³-hybridized carbons (Fsp3) is 0. The summed E-state index contributed by atoms with van der Waals surface area (Å²) in [4.78, 5) is 13.0. The largest absolute Gasteiger partial charge is 0.504 e. The lowest BCUT2D eigenvalue weighted by molar-refractivity contribution is 0.458. The summed E-state index contributed by atoms with van der Waals surface area (Å²) in [6.45, 7) is 0. The molecule has 0 saturated heterocycles. The van der Waals surface area contributed by atoms with Crippen LogP contribution < -0.4 is 5.76 Å². The number of phenols is 1. The zero-order valence-electron chi connectivity index (χ0n) is 5.50. The molecule has 0 saturated carbocycles. The molecule has 2 rings (SSSR count). The van der Waals surface area contributed by atoms with Gasteiger partial charge in [-0.15, -0.1) is 0 Å². The number of H-pyrrole nitrogens is 1. The van der Waals surface area contributed by atoms with Gasteiger partial charge in [0.15, 0.2) is 11.3 Å². The molecule has 0 fully saturated rings.